The number of benzene rings is 1. The molecule has 5 nitrogen and oxygen atoms in total. The predicted molar refractivity (Wildman–Crippen MR) is 102 cm³/mol. The van der Waals surface area contributed by atoms with Crippen LogP contribution in [-0.4, -0.2) is 46.8 Å². The second kappa shape index (κ2) is 7.31. The Morgan fingerprint density at radius 3 is 2.52 bits per heavy atom. The van der Waals surface area contributed by atoms with Crippen LogP contribution in [-0.2, 0) is 11.8 Å². The zero-order valence-electron chi connectivity index (χ0n) is 14.9. The lowest BCUT2D eigenvalue weighted by Gasteiger charge is -2.35. The molecule has 1 aliphatic rings. The van der Waals surface area contributed by atoms with Crippen LogP contribution in [0.5, 0.6) is 0 Å². The first-order valence-corrected chi connectivity index (χ1v) is 8.81. The maximum absolute atomic E-state index is 12.5. The zero-order valence-corrected chi connectivity index (χ0v) is 15.6. The third kappa shape index (κ3) is 3.87. The summed E-state index contributed by atoms with van der Waals surface area (Å²) in [5, 5.41) is 5.11. The smallest absolute Gasteiger partial charge is 0.246 e. The molecule has 0 spiro atoms. The Kier molecular flexibility index (Phi) is 5.13. The maximum Gasteiger partial charge on any atom is 0.246 e. The molecule has 1 aromatic heterocycles. The Balaban J connectivity index is 1.61. The molecule has 6 heteroatoms. The quantitative estimate of drug-likeness (QED) is 0.792. The Morgan fingerprint density at radius 2 is 1.92 bits per heavy atom. The monoisotopic (exact) mass is 358 g/mol. The molecule has 2 aromatic rings. The van der Waals surface area contributed by atoms with Gasteiger partial charge in [0.05, 0.1) is 5.69 Å². The molecule has 0 saturated carbocycles. The van der Waals surface area contributed by atoms with Crippen molar-refractivity contribution >= 4 is 29.3 Å². The summed E-state index contributed by atoms with van der Waals surface area (Å²) in [7, 11) is 1.91. The van der Waals surface area contributed by atoms with E-state index in [0.717, 1.165) is 40.8 Å². The molecule has 132 valence electrons. The number of aryl methyl sites for hydroxylation is 2. The summed E-state index contributed by atoms with van der Waals surface area (Å²) in [6.07, 6.45) is 3.54. The number of piperazine rings is 1. The minimum atomic E-state index is 0.0494. The Bertz CT molecular complexity index is 804. The summed E-state index contributed by atoms with van der Waals surface area (Å²) in [6, 6.07) is 7.85. The Labute approximate surface area is 153 Å². The number of hydrogen-bond acceptors (Lipinski definition) is 3. The molecule has 0 N–H and O–H groups in total. The maximum atomic E-state index is 12.5. The van der Waals surface area contributed by atoms with Crippen molar-refractivity contribution in [2.45, 2.75) is 13.8 Å². The van der Waals surface area contributed by atoms with Crippen LogP contribution in [0.15, 0.2) is 30.3 Å². The fourth-order valence-corrected chi connectivity index (χ4v) is 3.33. The van der Waals surface area contributed by atoms with E-state index in [9.17, 15) is 4.79 Å². The van der Waals surface area contributed by atoms with Gasteiger partial charge in [-0.05, 0) is 38.1 Å². The van der Waals surface area contributed by atoms with E-state index in [4.69, 9.17) is 11.6 Å². The summed E-state index contributed by atoms with van der Waals surface area (Å²) in [6.45, 7) is 7.01. The van der Waals surface area contributed by atoms with Gasteiger partial charge in [-0.2, -0.15) is 5.10 Å². The van der Waals surface area contributed by atoms with Gasteiger partial charge in [-0.15, -0.1) is 0 Å². The van der Waals surface area contributed by atoms with Crippen LogP contribution in [0.3, 0.4) is 0 Å². The lowest BCUT2D eigenvalue weighted by Crippen LogP contribution is -2.48. The normalized spacial score (nSPS) is 15.2. The van der Waals surface area contributed by atoms with Gasteiger partial charge >= 0.3 is 0 Å². The highest BCUT2D eigenvalue weighted by Gasteiger charge is 2.20. The molecule has 0 radical (unpaired) electrons. The summed E-state index contributed by atoms with van der Waals surface area (Å²) in [4.78, 5) is 16.6. The van der Waals surface area contributed by atoms with E-state index in [2.05, 4.69) is 16.1 Å². The molecule has 0 atom stereocenters. The fourth-order valence-electron chi connectivity index (χ4n) is 3.15. The van der Waals surface area contributed by atoms with Crippen LogP contribution in [0.4, 0.5) is 5.69 Å². The summed E-state index contributed by atoms with van der Waals surface area (Å²) < 4.78 is 1.84. The number of anilines is 1. The third-order valence-electron chi connectivity index (χ3n) is 4.72. The molecule has 3 rings (SSSR count). The zero-order chi connectivity index (χ0) is 18.0. The first-order chi connectivity index (χ1) is 12.0. The van der Waals surface area contributed by atoms with Gasteiger partial charge in [-0.1, -0.05) is 17.7 Å². The van der Waals surface area contributed by atoms with Crippen molar-refractivity contribution in [3.8, 4) is 0 Å². The lowest BCUT2D eigenvalue weighted by atomic mass is 10.2. The van der Waals surface area contributed by atoms with Gasteiger partial charge in [-0.3, -0.25) is 9.48 Å². The number of nitrogens with zero attached hydrogens (tertiary/aromatic N) is 4. The van der Waals surface area contributed by atoms with Crippen molar-refractivity contribution in [2.24, 2.45) is 7.05 Å². The van der Waals surface area contributed by atoms with Gasteiger partial charge < -0.3 is 9.80 Å². The summed E-state index contributed by atoms with van der Waals surface area (Å²) in [5.74, 6) is 0.0494. The molecular weight excluding hydrogens is 336 g/mol. The first-order valence-electron chi connectivity index (χ1n) is 8.43. The van der Waals surface area contributed by atoms with Crippen molar-refractivity contribution in [3.05, 3.63) is 52.3 Å². The second-order valence-corrected chi connectivity index (χ2v) is 6.77. The number of amides is 1. The van der Waals surface area contributed by atoms with E-state index < -0.39 is 0 Å². The molecule has 1 fully saturated rings. The summed E-state index contributed by atoms with van der Waals surface area (Å²) >= 11 is 6.06. The second-order valence-electron chi connectivity index (χ2n) is 6.33. The van der Waals surface area contributed by atoms with Crippen molar-refractivity contribution in [2.75, 3.05) is 31.1 Å². The van der Waals surface area contributed by atoms with Crippen molar-refractivity contribution in [1.29, 1.82) is 0 Å². The average molecular weight is 359 g/mol. The molecule has 0 unspecified atom stereocenters. The number of hydrogen-bond donors (Lipinski definition) is 0. The Hall–Kier alpha value is -2.27. The largest absolute Gasteiger partial charge is 0.368 e. The van der Waals surface area contributed by atoms with Crippen molar-refractivity contribution < 1.29 is 4.79 Å². The molecule has 1 saturated heterocycles. The van der Waals surface area contributed by atoms with Crippen LogP contribution in [0, 0.1) is 13.8 Å². The molecule has 1 aromatic carbocycles. The molecule has 0 aliphatic carbocycles. The standard InChI is InChI=1S/C19H23ClN4O/c1-14-18(15(2)22(3)21-14)7-8-19(25)24-11-9-23(10-12-24)17-6-4-5-16(20)13-17/h4-8,13H,9-12H2,1-3H3/b8-7+. The van der Waals surface area contributed by atoms with E-state index in [0.29, 0.717) is 13.1 Å². The molecule has 25 heavy (non-hydrogen) atoms. The fraction of sp³-hybridized carbons (Fsp3) is 0.368. The van der Waals surface area contributed by atoms with Gasteiger partial charge in [0.2, 0.25) is 5.91 Å². The first kappa shape index (κ1) is 17.5. The predicted octanol–water partition coefficient (Wildman–Crippen LogP) is 3.05. The van der Waals surface area contributed by atoms with Gasteiger partial charge in [0, 0.05) is 61.3 Å². The van der Waals surface area contributed by atoms with E-state index >= 15 is 0 Å². The minimum Gasteiger partial charge on any atom is -0.368 e. The number of halogens is 1. The third-order valence-corrected chi connectivity index (χ3v) is 4.96. The number of carbonyl (C=O) groups is 1. The van der Waals surface area contributed by atoms with E-state index in [1.807, 2.05) is 54.8 Å². The van der Waals surface area contributed by atoms with E-state index in [1.165, 1.54) is 0 Å². The van der Waals surface area contributed by atoms with Crippen LogP contribution in [0.2, 0.25) is 5.02 Å². The average Bonchev–Trinajstić information content (AvgIpc) is 2.85. The highest BCUT2D eigenvalue weighted by atomic mass is 35.5. The van der Waals surface area contributed by atoms with Gasteiger partial charge in [0.25, 0.3) is 0 Å². The van der Waals surface area contributed by atoms with E-state index in [-0.39, 0.29) is 5.91 Å². The van der Waals surface area contributed by atoms with Crippen molar-refractivity contribution in [3.63, 3.8) is 0 Å². The molecular formula is C19H23ClN4O. The number of aromatic nitrogens is 2. The van der Waals surface area contributed by atoms with Crippen LogP contribution >= 0.6 is 11.6 Å². The van der Waals surface area contributed by atoms with Gasteiger partial charge in [0.15, 0.2) is 0 Å². The molecule has 1 aliphatic heterocycles. The Morgan fingerprint density at radius 1 is 1.20 bits per heavy atom. The minimum absolute atomic E-state index is 0.0494. The van der Waals surface area contributed by atoms with Crippen LogP contribution in [0.1, 0.15) is 17.0 Å². The number of rotatable bonds is 3. The van der Waals surface area contributed by atoms with Crippen LogP contribution in [0.25, 0.3) is 6.08 Å². The SMILES string of the molecule is Cc1nn(C)c(C)c1/C=C/C(=O)N1CCN(c2cccc(Cl)c2)CC1. The molecule has 1 amide bonds. The molecule has 0 bridgehead atoms. The molecule has 2 heterocycles. The highest BCUT2D eigenvalue weighted by Crippen LogP contribution is 2.21. The van der Waals surface area contributed by atoms with Gasteiger partial charge in [0.1, 0.15) is 0 Å². The van der Waals surface area contributed by atoms with E-state index in [1.54, 1.807) is 6.08 Å². The van der Waals surface area contributed by atoms with Crippen LogP contribution < -0.4 is 4.90 Å². The lowest BCUT2D eigenvalue weighted by molar-refractivity contribution is -0.126. The summed E-state index contributed by atoms with van der Waals surface area (Å²) in [5.41, 5.74) is 4.13. The highest BCUT2D eigenvalue weighted by molar-refractivity contribution is 6.30. The van der Waals surface area contributed by atoms with Crippen molar-refractivity contribution in [1.82, 2.24) is 14.7 Å². The van der Waals surface area contributed by atoms with Gasteiger partial charge in [-0.25, -0.2) is 0 Å². The number of carbonyl (C=O) groups excluding carboxylic acids is 1. The topological polar surface area (TPSA) is 41.4 Å².